The number of nitrogens with one attached hydrogen (secondary N) is 2. The van der Waals surface area contributed by atoms with Crippen molar-refractivity contribution < 1.29 is 4.74 Å². The summed E-state index contributed by atoms with van der Waals surface area (Å²) in [6.07, 6.45) is 4.03. The molecule has 2 aromatic rings. The van der Waals surface area contributed by atoms with E-state index in [9.17, 15) is 0 Å². The van der Waals surface area contributed by atoms with Crippen LogP contribution in [0, 0.1) is 0 Å². The van der Waals surface area contributed by atoms with E-state index in [1.807, 2.05) is 23.7 Å². The molecule has 1 aliphatic rings. The van der Waals surface area contributed by atoms with Crippen LogP contribution in [0.15, 0.2) is 45.2 Å². The van der Waals surface area contributed by atoms with Crippen molar-refractivity contribution in [3.05, 3.63) is 41.4 Å². The van der Waals surface area contributed by atoms with E-state index < -0.39 is 0 Å². The molecule has 1 aromatic carbocycles. The lowest BCUT2D eigenvalue weighted by Crippen LogP contribution is -2.42. The molecule has 0 radical (unpaired) electrons. The standard InChI is InChI=1S/C17H22N4OS2/c1-18-16(19-7-4-9-23-17-20-8-10-24-17)21-12-14-11-13-5-2-3-6-15(13)22-14/h2-3,5-6,8,10,14H,4,7,9,11-12H2,1H3,(H2,18,19,21). The summed E-state index contributed by atoms with van der Waals surface area (Å²) in [6, 6.07) is 8.23. The lowest BCUT2D eigenvalue weighted by Gasteiger charge is -2.15. The van der Waals surface area contributed by atoms with E-state index in [4.69, 9.17) is 4.74 Å². The zero-order chi connectivity index (χ0) is 16.6. The van der Waals surface area contributed by atoms with Gasteiger partial charge in [0.05, 0.1) is 6.54 Å². The van der Waals surface area contributed by atoms with E-state index in [1.165, 1.54) is 5.56 Å². The fourth-order valence-electron chi connectivity index (χ4n) is 2.52. The Labute approximate surface area is 150 Å². The molecule has 128 valence electrons. The van der Waals surface area contributed by atoms with Crippen molar-refractivity contribution in [2.24, 2.45) is 4.99 Å². The van der Waals surface area contributed by atoms with Gasteiger partial charge in [0.15, 0.2) is 5.96 Å². The van der Waals surface area contributed by atoms with Crippen LogP contribution in [0.1, 0.15) is 12.0 Å². The molecule has 1 unspecified atom stereocenters. The number of ether oxygens (including phenoxy) is 1. The van der Waals surface area contributed by atoms with Crippen LogP contribution in [0.3, 0.4) is 0 Å². The highest BCUT2D eigenvalue weighted by molar-refractivity contribution is 8.00. The first-order chi connectivity index (χ1) is 11.8. The first kappa shape index (κ1) is 17.1. The molecule has 0 bridgehead atoms. The molecule has 2 N–H and O–H groups in total. The van der Waals surface area contributed by atoms with E-state index in [2.05, 4.69) is 32.7 Å². The quantitative estimate of drug-likeness (QED) is 0.343. The van der Waals surface area contributed by atoms with Gasteiger partial charge < -0.3 is 15.4 Å². The molecule has 1 atom stereocenters. The van der Waals surface area contributed by atoms with Crippen molar-refractivity contribution >= 4 is 29.1 Å². The van der Waals surface area contributed by atoms with Gasteiger partial charge in [0.25, 0.3) is 0 Å². The third-order valence-electron chi connectivity index (χ3n) is 3.68. The maximum Gasteiger partial charge on any atom is 0.191 e. The topological polar surface area (TPSA) is 58.5 Å². The third kappa shape index (κ3) is 4.88. The Balaban J connectivity index is 1.31. The zero-order valence-electron chi connectivity index (χ0n) is 13.7. The van der Waals surface area contributed by atoms with Gasteiger partial charge in [-0.2, -0.15) is 0 Å². The predicted molar refractivity (Wildman–Crippen MR) is 101 cm³/mol. The molecule has 0 spiro atoms. The Kier molecular flexibility index (Phi) is 6.37. The Bertz CT molecular complexity index is 635. The fourth-order valence-corrected chi connectivity index (χ4v) is 4.17. The molecule has 0 aliphatic carbocycles. The zero-order valence-corrected chi connectivity index (χ0v) is 15.3. The predicted octanol–water partition coefficient (Wildman–Crippen LogP) is 2.79. The highest BCUT2D eigenvalue weighted by atomic mass is 32.2. The number of rotatable bonds is 7. The number of aromatic nitrogens is 1. The number of para-hydroxylation sites is 1. The summed E-state index contributed by atoms with van der Waals surface area (Å²) in [7, 11) is 1.80. The lowest BCUT2D eigenvalue weighted by atomic mass is 10.1. The Morgan fingerprint density at radius 1 is 1.42 bits per heavy atom. The highest BCUT2D eigenvalue weighted by Crippen LogP contribution is 2.27. The smallest absolute Gasteiger partial charge is 0.191 e. The molecule has 0 fully saturated rings. The van der Waals surface area contributed by atoms with E-state index in [-0.39, 0.29) is 6.10 Å². The van der Waals surface area contributed by atoms with E-state index in [0.717, 1.165) is 47.7 Å². The van der Waals surface area contributed by atoms with Crippen molar-refractivity contribution in [2.45, 2.75) is 23.3 Å². The minimum absolute atomic E-state index is 0.168. The minimum Gasteiger partial charge on any atom is -0.488 e. The van der Waals surface area contributed by atoms with Gasteiger partial charge in [0.1, 0.15) is 16.2 Å². The highest BCUT2D eigenvalue weighted by Gasteiger charge is 2.22. The number of benzene rings is 1. The Morgan fingerprint density at radius 2 is 2.33 bits per heavy atom. The normalized spacial score (nSPS) is 16.5. The maximum atomic E-state index is 5.93. The molecule has 1 aliphatic heterocycles. The molecule has 0 saturated carbocycles. The number of hydrogen-bond acceptors (Lipinski definition) is 5. The third-order valence-corrected chi connectivity index (χ3v) is 5.74. The minimum atomic E-state index is 0.168. The molecular formula is C17H22N4OS2. The van der Waals surface area contributed by atoms with Crippen LogP contribution in [0.5, 0.6) is 5.75 Å². The molecule has 5 nitrogen and oxygen atoms in total. The van der Waals surface area contributed by atoms with Crippen molar-refractivity contribution in [1.29, 1.82) is 0 Å². The van der Waals surface area contributed by atoms with Crippen molar-refractivity contribution in [3.63, 3.8) is 0 Å². The van der Waals surface area contributed by atoms with Crippen LogP contribution in [0.4, 0.5) is 0 Å². The number of guanidine groups is 1. The maximum absolute atomic E-state index is 5.93. The largest absolute Gasteiger partial charge is 0.488 e. The van der Waals surface area contributed by atoms with E-state index in [1.54, 1.807) is 30.1 Å². The second-order valence-corrected chi connectivity index (χ2v) is 7.67. The number of thioether (sulfide) groups is 1. The molecule has 1 aromatic heterocycles. The van der Waals surface area contributed by atoms with Gasteiger partial charge in [-0.1, -0.05) is 30.0 Å². The summed E-state index contributed by atoms with van der Waals surface area (Å²) < 4.78 is 7.07. The number of fused-ring (bicyclic) bond motifs is 1. The van der Waals surface area contributed by atoms with E-state index >= 15 is 0 Å². The average Bonchev–Trinajstić information content (AvgIpc) is 3.26. The monoisotopic (exact) mass is 362 g/mol. The number of hydrogen-bond donors (Lipinski definition) is 2. The van der Waals surface area contributed by atoms with Gasteiger partial charge in [-0.05, 0) is 18.1 Å². The fraction of sp³-hybridized carbons (Fsp3) is 0.412. The first-order valence-electron chi connectivity index (χ1n) is 8.06. The average molecular weight is 363 g/mol. The van der Waals surface area contributed by atoms with Gasteiger partial charge in [-0.15, -0.1) is 11.3 Å². The Morgan fingerprint density at radius 3 is 3.12 bits per heavy atom. The molecule has 0 amide bonds. The number of thiazole rings is 1. The summed E-state index contributed by atoms with van der Waals surface area (Å²) >= 11 is 3.49. The Hall–Kier alpha value is -1.73. The molecule has 7 heteroatoms. The summed E-state index contributed by atoms with van der Waals surface area (Å²) in [5, 5.41) is 8.70. The van der Waals surface area contributed by atoms with Crippen molar-refractivity contribution in [2.75, 3.05) is 25.9 Å². The summed E-state index contributed by atoms with van der Waals surface area (Å²) in [6.45, 7) is 1.64. The SMILES string of the molecule is CN=C(NCCCSc1nccs1)NCC1Cc2ccccc2O1. The van der Waals surface area contributed by atoms with Gasteiger partial charge in [-0.25, -0.2) is 4.98 Å². The van der Waals surface area contributed by atoms with Crippen LogP contribution in [-0.4, -0.2) is 42.9 Å². The second kappa shape index (κ2) is 8.94. The van der Waals surface area contributed by atoms with Gasteiger partial charge in [0.2, 0.25) is 0 Å². The number of nitrogens with zero attached hydrogens (tertiary/aromatic N) is 2. The van der Waals surface area contributed by atoms with Crippen LogP contribution < -0.4 is 15.4 Å². The molecule has 24 heavy (non-hydrogen) atoms. The van der Waals surface area contributed by atoms with Gasteiger partial charge in [0, 0.05) is 37.3 Å². The van der Waals surface area contributed by atoms with Crippen LogP contribution in [0.25, 0.3) is 0 Å². The van der Waals surface area contributed by atoms with Gasteiger partial charge in [-0.3, -0.25) is 4.99 Å². The summed E-state index contributed by atoms with van der Waals surface area (Å²) in [4.78, 5) is 8.53. The van der Waals surface area contributed by atoms with Crippen molar-refractivity contribution in [3.8, 4) is 5.75 Å². The summed E-state index contributed by atoms with van der Waals surface area (Å²) in [5.74, 6) is 2.89. The lowest BCUT2D eigenvalue weighted by molar-refractivity contribution is 0.235. The van der Waals surface area contributed by atoms with Crippen LogP contribution in [0.2, 0.25) is 0 Å². The van der Waals surface area contributed by atoms with Gasteiger partial charge >= 0.3 is 0 Å². The molecular weight excluding hydrogens is 340 g/mol. The second-order valence-electron chi connectivity index (χ2n) is 5.43. The van der Waals surface area contributed by atoms with Crippen molar-refractivity contribution in [1.82, 2.24) is 15.6 Å². The van der Waals surface area contributed by atoms with E-state index in [0.29, 0.717) is 0 Å². The molecule has 2 heterocycles. The van der Waals surface area contributed by atoms with Crippen LogP contribution in [-0.2, 0) is 6.42 Å². The number of aliphatic imine (C=N–C) groups is 1. The van der Waals surface area contributed by atoms with Crippen LogP contribution >= 0.6 is 23.1 Å². The first-order valence-corrected chi connectivity index (χ1v) is 9.93. The summed E-state index contributed by atoms with van der Waals surface area (Å²) in [5.41, 5.74) is 1.28. The molecule has 0 saturated heterocycles. The molecule has 3 rings (SSSR count).